The van der Waals surface area contributed by atoms with E-state index < -0.39 is 6.04 Å². The molecule has 0 unspecified atom stereocenters. The van der Waals surface area contributed by atoms with Gasteiger partial charge in [0, 0.05) is 43.1 Å². The average Bonchev–Trinajstić information content (AvgIpc) is 3.10. The van der Waals surface area contributed by atoms with E-state index in [9.17, 15) is 9.59 Å². The van der Waals surface area contributed by atoms with Gasteiger partial charge in [0.2, 0.25) is 11.8 Å². The van der Waals surface area contributed by atoms with Crippen LogP contribution in [0.15, 0.2) is 29.4 Å². The van der Waals surface area contributed by atoms with E-state index in [1.54, 1.807) is 11.3 Å². The van der Waals surface area contributed by atoms with Crippen LogP contribution in [0.25, 0.3) is 0 Å². The number of carbonyl (C=O) groups is 2. The minimum Gasteiger partial charge on any atom is -0.372 e. The first kappa shape index (κ1) is 15.4. The molecule has 2 heterocycles. The van der Waals surface area contributed by atoms with E-state index in [4.69, 9.17) is 0 Å². The van der Waals surface area contributed by atoms with Crippen molar-refractivity contribution in [2.24, 2.45) is 0 Å². The van der Waals surface area contributed by atoms with Crippen molar-refractivity contribution in [3.05, 3.63) is 34.3 Å². The first-order valence-corrected chi connectivity index (χ1v) is 7.76. The molecule has 0 fully saturated rings. The van der Waals surface area contributed by atoms with Gasteiger partial charge in [-0.3, -0.25) is 9.59 Å². The van der Waals surface area contributed by atoms with E-state index in [1.807, 2.05) is 23.7 Å². The largest absolute Gasteiger partial charge is 0.372 e. The Hall–Kier alpha value is -2.02. The molecule has 0 bridgehead atoms. The molecule has 7 heteroatoms. The molecule has 21 heavy (non-hydrogen) atoms. The zero-order chi connectivity index (χ0) is 15.1. The normalized spacial score (nSPS) is 14.6. The summed E-state index contributed by atoms with van der Waals surface area (Å²) in [5, 5.41) is 13.7. The molecule has 1 atom stereocenters. The predicted octanol–water partition coefficient (Wildman–Crippen LogP) is 0.293. The Morgan fingerprint density at radius 1 is 1.48 bits per heavy atom. The molecule has 1 aromatic rings. The molecular formula is C14H20N4O2S. The van der Waals surface area contributed by atoms with Crippen LogP contribution in [0.5, 0.6) is 0 Å². The first-order valence-electron chi connectivity index (χ1n) is 6.88. The van der Waals surface area contributed by atoms with Gasteiger partial charge in [0.1, 0.15) is 6.04 Å². The van der Waals surface area contributed by atoms with Gasteiger partial charge in [0.25, 0.3) is 0 Å². The van der Waals surface area contributed by atoms with Crippen molar-refractivity contribution in [1.29, 1.82) is 0 Å². The third-order valence-electron chi connectivity index (χ3n) is 3.07. The fourth-order valence-electron chi connectivity index (χ4n) is 2.08. The standard InChI is InChI=1S/C14H20N4O2S/c1-10(19)18-13(7-12-3-2-6-21-12)14(20)16-5-4-11-8-15-9-17-11/h2-3,6,8,13,15,17H,4-5,7,9H2,1H3,(H,16,20)(H,18,19)/t13-/m0/s1. The highest BCUT2D eigenvalue weighted by molar-refractivity contribution is 7.09. The van der Waals surface area contributed by atoms with Crippen LogP contribution in [0.4, 0.5) is 0 Å². The molecule has 4 N–H and O–H groups in total. The number of nitrogens with one attached hydrogen (secondary N) is 4. The summed E-state index contributed by atoms with van der Waals surface area (Å²) in [5.74, 6) is -0.346. The van der Waals surface area contributed by atoms with Crippen LogP contribution in [0, 0.1) is 0 Å². The highest BCUT2D eigenvalue weighted by atomic mass is 32.1. The number of carbonyl (C=O) groups excluding carboxylic acids is 2. The highest BCUT2D eigenvalue weighted by Crippen LogP contribution is 2.11. The lowest BCUT2D eigenvalue weighted by molar-refractivity contribution is -0.128. The van der Waals surface area contributed by atoms with Crippen LogP contribution in [0.3, 0.4) is 0 Å². The zero-order valence-corrected chi connectivity index (χ0v) is 12.8. The van der Waals surface area contributed by atoms with E-state index in [2.05, 4.69) is 21.3 Å². The van der Waals surface area contributed by atoms with E-state index in [1.165, 1.54) is 6.92 Å². The van der Waals surface area contributed by atoms with Gasteiger partial charge < -0.3 is 21.3 Å². The smallest absolute Gasteiger partial charge is 0.242 e. The summed E-state index contributed by atoms with van der Waals surface area (Å²) in [6.45, 7) is 2.70. The molecule has 1 aliphatic heterocycles. The SMILES string of the molecule is CC(=O)N[C@@H](Cc1cccs1)C(=O)NCCC1=CNCN1. The maximum atomic E-state index is 12.2. The lowest BCUT2D eigenvalue weighted by Crippen LogP contribution is -2.47. The summed E-state index contributed by atoms with van der Waals surface area (Å²) < 4.78 is 0. The van der Waals surface area contributed by atoms with Gasteiger partial charge in [0.15, 0.2) is 0 Å². The monoisotopic (exact) mass is 308 g/mol. The number of hydrogen-bond acceptors (Lipinski definition) is 5. The third-order valence-corrected chi connectivity index (χ3v) is 3.97. The summed E-state index contributed by atoms with van der Waals surface area (Å²) in [5.41, 5.74) is 1.07. The number of amides is 2. The molecule has 114 valence electrons. The van der Waals surface area contributed by atoms with Crippen molar-refractivity contribution >= 4 is 23.2 Å². The quantitative estimate of drug-likeness (QED) is 0.584. The van der Waals surface area contributed by atoms with Gasteiger partial charge in [-0.15, -0.1) is 11.3 Å². The van der Waals surface area contributed by atoms with Gasteiger partial charge >= 0.3 is 0 Å². The van der Waals surface area contributed by atoms with E-state index in [0.29, 0.717) is 13.0 Å². The minimum absolute atomic E-state index is 0.148. The topological polar surface area (TPSA) is 82.3 Å². The van der Waals surface area contributed by atoms with Crippen molar-refractivity contribution in [3.8, 4) is 0 Å². The second-order valence-corrected chi connectivity index (χ2v) is 5.84. The highest BCUT2D eigenvalue weighted by Gasteiger charge is 2.20. The molecular weight excluding hydrogens is 288 g/mol. The van der Waals surface area contributed by atoms with Crippen molar-refractivity contribution in [2.45, 2.75) is 25.8 Å². The Balaban J connectivity index is 1.82. The fourth-order valence-corrected chi connectivity index (χ4v) is 2.83. The molecule has 0 aliphatic carbocycles. The summed E-state index contributed by atoms with van der Waals surface area (Å²) >= 11 is 1.58. The second kappa shape index (κ2) is 7.68. The molecule has 0 saturated heterocycles. The average molecular weight is 308 g/mol. The van der Waals surface area contributed by atoms with Crippen LogP contribution in [0.1, 0.15) is 18.2 Å². The lowest BCUT2D eigenvalue weighted by Gasteiger charge is -2.17. The Morgan fingerprint density at radius 3 is 2.95 bits per heavy atom. The van der Waals surface area contributed by atoms with Crippen LogP contribution >= 0.6 is 11.3 Å². The Kier molecular flexibility index (Phi) is 5.62. The van der Waals surface area contributed by atoms with Crippen LogP contribution in [-0.4, -0.2) is 31.1 Å². The molecule has 2 amide bonds. The Labute approximate surface area is 128 Å². The predicted molar refractivity (Wildman–Crippen MR) is 82.5 cm³/mol. The number of thiophene rings is 1. The van der Waals surface area contributed by atoms with Crippen molar-refractivity contribution in [1.82, 2.24) is 21.3 Å². The second-order valence-electron chi connectivity index (χ2n) is 4.80. The minimum atomic E-state index is -0.523. The van der Waals surface area contributed by atoms with E-state index >= 15 is 0 Å². The Morgan fingerprint density at radius 2 is 2.33 bits per heavy atom. The molecule has 6 nitrogen and oxygen atoms in total. The van der Waals surface area contributed by atoms with Crippen molar-refractivity contribution < 1.29 is 9.59 Å². The van der Waals surface area contributed by atoms with Gasteiger partial charge in [-0.25, -0.2) is 0 Å². The number of hydrogen-bond donors (Lipinski definition) is 4. The van der Waals surface area contributed by atoms with E-state index in [0.717, 1.165) is 23.7 Å². The summed E-state index contributed by atoms with van der Waals surface area (Å²) in [4.78, 5) is 24.5. The number of rotatable bonds is 7. The molecule has 1 aromatic heterocycles. The van der Waals surface area contributed by atoms with Gasteiger partial charge in [-0.2, -0.15) is 0 Å². The van der Waals surface area contributed by atoms with Crippen LogP contribution in [-0.2, 0) is 16.0 Å². The molecule has 0 radical (unpaired) electrons. The summed E-state index contributed by atoms with van der Waals surface area (Å²) in [6, 6.07) is 3.38. The maximum absolute atomic E-state index is 12.2. The zero-order valence-electron chi connectivity index (χ0n) is 11.9. The van der Waals surface area contributed by atoms with E-state index in [-0.39, 0.29) is 11.8 Å². The van der Waals surface area contributed by atoms with Crippen LogP contribution < -0.4 is 21.3 Å². The molecule has 0 saturated carbocycles. The Bertz CT molecular complexity index is 513. The maximum Gasteiger partial charge on any atom is 0.242 e. The fraction of sp³-hybridized carbons (Fsp3) is 0.429. The first-order chi connectivity index (χ1) is 10.1. The van der Waals surface area contributed by atoms with Crippen LogP contribution in [0.2, 0.25) is 0 Å². The molecule has 0 spiro atoms. The molecule has 2 rings (SSSR count). The molecule has 0 aromatic carbocycles. The lowest BCUT2D eigenvalue weighted by atomic mass is 10.1. The molecule has 1 aliphatic rings. The van der Waals surface area contributed by atoms with Gasteiger partial charge in [0.05, 0.1) is 6.67 Å². The van der Waals surface area contributed by atoms with Gasteiger partial charge in [-0.1, -0.05) is 6.07 Å². The van der Waals surface area contributed by atoms with Gasteiger partial charge in [-0.05, 0) is 11.4 Å². The summed E-state index contributed by atoms with van der Waals surface area (Å²) in [7, 11) is 0. The third kappa shape index (κ3) is 5.11. The summed E-state index contributed by atoms with van der Waals surface area (Å²) in [6.07, 6.45) is 3.17. The van der Waals surface area contributed by atoms with Crippen molar-refractivity contribution in [3.63, 3.8) is 0 Å². The van der Waals surface area contributed by atoms with Crippen molar-refractivity contribution in [2.75, 3.05) is 13.2 Å².